The number of anilines is 1. The molecule has 0 spiro atoms. The molecule has 1 saturated carbocycles. The van der Waals surface area contributed by atoms with Gasteiger partial charge in [0, 0.05) is 11.6 Å². The van der Waals surface area contributed by atoms with Crippen molar-refractivity contribution in [2.75, 3.05) is 5.73 Å². The predicted octanol–water partition coefficient (Wildman–Crippen LogP) is 2.60. The Labute approximate surface area is 97.2 Å². The second kappa shape index (κ2) is 3.76. The lowest BCUT2D eigenvalue weighted by atomic mass is 10.1. The molecule has 0 atom stereocenters. The summed E-state index contributed by atoms with van der Waals surface area (Å²) in [5.41, 5.74) is 6.50. The number of benzene rings is 1. The van der Waals surface area contributed by atoms with Crippen molar-refractivity contribution in [2.24, 2.45) is 0 Å². The summed E-state index contributed by atoms with van der Waals surface area (Å²) in [6.45, 7) is 0. The monoisotopic (exact) mass is 234 g/mol. The third-order valence-electron chi connectivity index (χ3n) is 2.56. The molecule has 0 amide bonds. The highest BCUT2D eigenvalue weighted by atomic mass is 19.1. The molecule has 1 aliphatic rings. The molecule has 1 aliphatic carbocycles. The minimum absolute atomic E-state index is 0.196. The maximum absolute atomic E-state index is 13.2. The van der Waals surface area contributed by atoms with Crippen LogP contribution in [0.25, 0.3) is 11.3 Å². The quantitative estimate of drug-likeness (QED) is 0.886. The van der Waals surface area contributed by atoms with Crippen molar-refractivity contribution in [1.82, 2.24) is 5.16 Å². The fraction of sp³-hybridized carbons (Fsp3) is 0.250. The second-order valence-electron chi connectivity index (χ2n) is 4.07. The van der Waals surface area contributed by atoms with Crippen molar-refractivity contribution in [3.8, 4) is 17.0 Å². The lowest BCUT2D eigenvalue weighted by Gasteiger charge is -2.08. The summed E-state index contributed by atoms with van der Waals surface area (Å²) in [5, 5.41) is 3.77. The SMILES string of the molecule is Nc1cc(-c2cc(F)ccc2OC2CC2)no1. The Morgan fingerprint density at radius 1 is 1.35 bits per heavy atom. The van der Waals surface area contributed by atoms with Crippen LogP contribution < -0.4 is 10.5 Å². The molecule has 1 aromatic heterocycles. The number of ether oxygens (including phenoxy) is 1. The van der Waals surface area contributed by atoms with E-state index in [1.54, 1.807) is 12.1 Å². The van der Waals surface area contributed by atoms with Crippen molar-refractivity contribution >= 4 is 5.88 Å². The standard InChI is InChI=1S/C12H11FN2O2/c13-7-1-4-11(16-8-2-3-8)9(5-7)10-6-12(14)17-15-10/h1,4-6,8H,2-3,14H2. The summed E-state index contributed by atoms with van der Waals surface area (Å²) in [6.07, 6.45) is 2.32. The molecule has 1 fully saturated rings. The van der Waals surface area contributed by atoms with Crippen LogP contribution in [0.2, 0.25) is 0 Å². The first kappa shape index (κ1) is 10.1. The maximum Gasteiger partial charge on any atom is 0.222 e. The molecule has 5 heteroatoms. The fourth-order valence-corrected chi connectivity index (χ4v) is 1.59. The van der Waals surface area contributed by atoms with Gasteiger partial charge in [-0.25, -0.2) is 4.39 Å². The molecule has 2 aromatic rings. The zero-order valence-corrected chi connectivity index (χ0v) is 9.02. The van der Waals surface area contributed by atoms with Gasteiger partial charge in [0.05, 0.1) is 6.10 Å². The minimum Gasteiger partial charge on any atom is -0.490 e. The van der Waals surface area contributed by atoms with E-state index in [0.717, 1.165) is 12.8 Å². The van der Waals surface area contributed by atoms with Crippen molar-refractivity contribution < 1.29 is 13.7 Å². The van der Waals surface area contributed by atoms with Crippen LogP contribution in [0.15, 0.2) is 28.8 Å². The first-order valence-electron chi connectivity index (χ1n) is 5.41. The lowest BCUT2D eigenvalue weighted by Crippen LogP contribution is -1.98. The highest BCUT2D eigenvalue weighted by Gasteiger charge is 2.25. The zero-order chi connectivity index (χ0) is 11.8. The summed E-state index contributed by atoms with van der Waals surface area (Å²) < 4.78 is 23.7. The number of nitrogen functional groups attached to an aromatic ring is 1. The molecule has 0 unspecified atom stereocenters. The molecule has 0 radical (unpaired) electrons. The van der Waals surface area contributed by atoms with Crippen LogP contribution in [0.4, 0.5) is 10.3 Å². The predicted molar refractivity (Wildman–Crippen MR) is 60.0 cm³/mol. The third-order valence-corrected chi connectivity index (χ3v) is 2.56. The van der Waals surface area contributed by atoms with Gasteiger partial charge in [-0.2, -0.15) is 0 Å². The van der Waals surface area contributed by atoms with E-state index in [1.165, 1.54) is 12.1 Å². The van der Waals surface area contributed by atoms with Crippen molar-refractivity contribution in [1.29, 1.82) is 0 Å². The Balaban J connectivity index is 2.02. The summed E-state index contributed by atoms with van der Waals surface area (Å²) >= 11 is 0. The van der Waals surface area contributed by atoms with E-state index in [0.29, 0.717) is 17.0 Å². The van der Waals surface area contributed by atoms with Gasteiger partial charge in [0.2, 0.25) is 5.88 Å². The van der Waals surface area contributed by atoms with E-state index in [2.05, 4.69) is 5.16 Å². The fourth-order valence-electron chi connectivity index (χ4n) is 1.59. The zero-order valence-electron chi connectivity index (χ0n) is 9.02. The number of hydrogen-bond acceptors (Lipinski definition) is 4. The molecule has 0 saturated heterocycles. The molecule has 0 bridgehead atoms. The number of aromatic nitrogens is 1. The van der Waals surface area contributed by atoms with E-state index in [4.69, 9.17) is 15.0 Å². The number of nitrogens with two attached hydrogens (primary N) is 1. The average molecular weight is 234 g/mol. The molecule has 4 nitrogen and oxygen atoms in total. The summed E-state index contributed by atoms with van der Waals surface area (Å²) in [4.78, 5) is 0. The van der Waals surface area contributed by atoms with Gasteiger partial charge in [0.15, 0.2) is 0 Å². The Morgan fingerprint density at radius 2 is 2.18 bits per heavy atom. The van der Waals surface area contributed by atoms with Gasteiger partial charge in [-0.15, -0.1) is 0 Å². The van der Waals surface area contributed by atoms with Crippen LogP contribution >= 0.6 is 0 Å². The Bertz CT molecular complexity index is 549. The molecule has 1 heterocycles. The molecule has 1 aromatic carbocycles. The smallest absolute Gasteiger partial charge is 0.222 e. The molecule has 0 aliphatic heterocycles. The van der Waals surface area contributed by atoms with E-state index in [1.807, 2.05) is 0 Å². The average Bonchev–Trinajstić information content (AvgIpc) is 3.01. The Hall–Kier alpha value is -2.04. The summed E-state index contributed by atoms with van der Waals surface area (Å²) in [6, 6.07) is 5.89. The Kier molecular flexibility index (Phi) is 2.24. The van der Waals surface area contributed by atoms with Crippen LogP contribution in [0.3, 0.4) is 0 Å². The van der Waals surface area contributed by atoms with Crippen molar-refractivity contribution in [2.45, 2.75) is 18.9 Å². The van der Waals surface area contributed by atoms with Gasteiger partial charge in [0.25, 0.3) is 0 Å². The van der Waals surface area contributed by atoms with E-state index >= 15 is 0 Å². The molecule has 2 N–H and O–H groups in total. The topological polar surface area (TPSA) is 61.3 Å². The van der Waals surface area contributed by atoms with Gasteiger partial charge >= 0.3 is 0 Å². The largest absolute Gasteiger partial charge is 0.490 e. The Morgan fingerprint density at radius 3 is 2.82 bits per heavy atom. The third kappa shape index (κ3) is 2.08. The van der Waals surface area contributed by atoms with Crippen LogP contribution in [-0.4, -0.2) is 11.3 Å². The lowest BCUT2D eigenvalue weighted by molar-refractivity contribution is 0.303. The molecular formula is C12H11FN2O2. The van der Waals surface area contributed by atoms with Crippen molar-refractivity contribution in [3.05, 3.63) is 30.1 Å². The van der Waals surface area contributed by atoms with Crippen LogP contribution in [0.5, 0.6) is 5.75 Å². The van der Waals surface area contributed by atoms with E-state index in [9.17, 15) is 4.39 Å². The normalized spacial score (nSPS) is 14.9. The van der Waals surface area contributed by atoms with Crippen LogP contribution in [0.1, 0.15) is 12.8 Å². The summed E-state index contributed by atoms with van der Waals surface area (Å²) in [5.74, 6) is 0.466. The molecule has 3 rings (SSSR count). The van der Waals surface area contributed by atoms with Gasteiger partial charge in [0.1, 0.15) is 17.3 Å². The number of halogens is 1. The first-order valence-corrected chi connectivity index (χ1v) is 5.41. The highest BCUT2D eigenvalue weighted by Crippen LogP contribution is 2.35. The van der Waals surface area contributed by atoms with Gasteiger partial charge < -0.3 is 15.0 Å². The minimum atomic E-state index is -0.343. The van der Waals surface area contributed by atoms with E-state index < -0.39 is 0 Å². The molecule has 88 valence electrons. The number of hydrogen-bond donors (Lipinski definition) is 1. The van der Waals surface area contributed by atoms with E-state index in [-0.39, 0.29) is 17.8 Å². The highest BCUT2D eigenvalue weighted by molar-refractivity contribution is 5.68. The van der Waals surface area contributed by atoms with Crippen LogP contribution in [-0.2, 0) is 0 Å². The van der Waals surface area contributed by atoms with Gasteiger partial charge in [-0.3, -0.25) is 0 Å². The number of rotatable bonds is 3. The molecule has 17 heavy (non-hydrogen) atoms. The van der Waals surface area contributed by atoms with Gasteiger partial charge in [-0.05, 0) is 31.0 Å². The number of nitrogens with zero attached hydrogens (tertiary/aromatic N) is 1. The second-order valence-corrected chi connectivity index (χ2v) is 4.07. The van der Waals surface area contributed by atoms with Gasteiger partial charge in [-0.1, -0.05) is 5.16 Å². The van der Waals surface area contributed by atoms with Crippen molar-refractivity contribution in [3.63, 3.8) is 0 Å². The summed E-state index contributed by atoms with van der Waals surface area (Å²) in [7, 11) is 0. The molecular weight excluding hydrogens is 223 g/mol. The van der Waals surface area contributed by atoms with Crippen LogP contribution in [0, 0.1) is 5.82 Å². The maximum atomic E-state index is 13.2. The first-order chi connectivity index (χ1) is 8.22.